The first-order valence-electron chi connectivity index (χ1n) is 10.4. The lowest BCUT2D eigenvalue weighted by Gasteiger charge is -2.49. The van der Waals surface area contributed by atoms with Gasteiger partial charge in [0.25, 0.3) is 5.72 Å². The van der Waals surface area contributed by atoms with E-state index < -0.39 is 41.8 Å². The van der Waals surface area contributed by atoms with Gasteiger partial charge in [-0.1, -0.05) is 51.0 Å². The van der Waals surface area contributed by atoms with Gasteiger partial charge in [-0.15, -0.1) is 0 Å². The molecule has 0 aliphatic carbocycles. The summed E-state index contributed by atoms with van der Waals surface area (Å²) in [6.07, 6.45) is -0.947. The van der Waals surface area contributed by atoms with E-state index in [9.17, 15) is 15.1 Å². The number of benzene rings is 1. The fraction of sp³-hybridized carbons (Fsp3) is 0.619. The molecule has 2 unspecified atom stereocenters. The van der Waals surface area contributed by atoms with Crippen molar-refractivity contribution in [2.75, 3.05) is 7.11 Å². The molecule has 0 amide bonds. The van der Waals surface area contributed by atoms with E-state index in [1.165, 1.54) is 0 Å². The number of azide groups is 2. The van der Waals surface area contributed by atoms with Crippen molar-refractivity contribution in [3.8, 4) is 0 Å². The average molecular weight is 444 g/mol. The smallest absolute Gasteiger partial charge is 0.344 e. The quantitative estimate of drug-likeness (QED) is 0.243. The molecule has 32 heavy (non-hydrogen) atoms. The fourth-order valence-corrected chi connectivity index (χ4v) is 3.94. The van der Waals surface area contributed by atoms with E-state index in [1.807, 2.05) is 20.8 Å². The molecule has 0 aromatic heterocycles. The lowest BCUT2D eigenvalue weighted by molar-refractivity contribution is -0.227. The molecule has 0 spiro atoms. The Morgan fingerprint density at radius 3 is 2.38 bits per heavy atom. The molecule has 2 rings (SSSR count). The van der Waals surface area contributed by atoms with Crippen LogP contribution in [0.4, 0.5) is 0 Å². The van der Waals surface area contributed by atoms with Gasteiger partial charge in [-0.3, -0.25) is 0 Å². The summed E-state index contributed by atoms with van der Waals surface area (Å²) in [6, 6.07) is 7.37. The van der Waals surface area contributed by atoms with Gasteiger partial charge in [0, 0.05) is 9.82 Å². The monoisotopic (exact) mass is 444 g/mol. The zero-order valence-corrected chi connectivity index (χ0v) is 18.8. The van der Waals surface area contributed by atoms with Crippen molar-refractivity contribution in [1.82, 2.24) is 0 Å². The molecular weight excluding hydrogens is 416 g/mol. The Kier molecular flexibility index (Phi) is 8.48. The van der Waals surface area contributed by atoms with E-state index in [4.69, 9.17) is 19.7 Å². The molecule has 0 bridgehead atoms. The number of carbonyl (C=O) groups is 2. The van der Waals surface area contributed by atoms with E-state index in [0.29, 0.717) is 12.0 Å². The Morgan fingerprint density at radius 2 is 1.84 bits per heavy atom. The summed E-state index contributed by atoms with van der Waals surface area (Å²) in [5.41, 5.74) is 16.4. The molecule has 0 saturated carbocycles. The normalized spacial score (nSPS) is 28.9. The highest BCUT2D eigenvalue weighted by Gasteiger charge is 2.59. The van der Waals surface area contributed by atoms with E-state index in [2.05, 4.69) is 20.1 Å². The van der Waals surface area contributed by atoms with Crippen molar-refractivity contribution >= 4 is 11.9 Å². The van der Waals surface area contributed by atoms with Crippen LogP contribution in [0.15, 0.2) is 40.6 Å². The zero-order valence-electron chi connectivity index (χ0n) is 18.8. The summed E-state index contributed by atoms with van der Waals surface area (Å²) >= 11 is 0. The molecule has 1 aliphatic rings. The predicted molar refractivity (Wildman–Crippen MR) is 115 cm³/mol. The minimum Gasteiger partial charge on any atom is -0.467 e. The second-order valence-electron chi connectivity index (χ2n) is 7.95. The van der Waals surface area contributed by atoms with Crippen LogP contribution >= 0.6 is 0 Å². The van der Waals surface area contributed by atoms with Crippen LogP contribution in [0.2, 0.25) is 0 Å². The van der Waals surface area contributed by atoms with Gasteiger partial charge < -0.3 is 14.2 Å². The number of ether oxygens (including phenoxy) is 3. The van der Waals surface area contributed by atoms with E-state index >= 15 is 0 Å². The molecule has 172 valence electrons. The van der Waals surface area contributed by atoms with Gasteiger partial charge in [-0.05, 0) is 52.5 Å². The maximum atomic E-state index is 12.8. The number of hydrogen-bond donors (Lipinski definition) is 0. The van der Waals surface area contributed by atoms with Crippen LogP contribution in [0, 0.1) is 17.8 Å². The second-order valence-corrected chi connectivity index (χ2v) is 7.95. The Bertz CT molecular complexity index is 915. The van der Waals surface area contributed by atoms with Crippen molar-refractivity contribution in [2.45, 2.75) is 58.1 Å². The van der Waals surface area contributed by atoms with Gasteiger partial charge in [0.2, 0.25) is 0 Å². The average Bonchev–Trinajstić information content (AvgIpc) is 2.81. The molecule has 1 aromatic rings. The minimum absolute atomic E-state index is 0.153. The molecular formula is C21H28N6O5. The van der Waals surface area contributed by atoms with E-state index in [-0.39, 0.29) is 11.8 Å². The molecule has 7 atom stereocenters. The number of hydrogen-bond acceptors (Lipinski definition) is 7. The van der Waals surface area contributed by atoms with Gasteiger partial charge >= 0.3 is 11.9 Å². The van der Waals surface area contributed by atoms with Crippen molar-refractivity contribution in [3.63, 3.8) is 0 Å². The molecule has 1 heterocycles. The predicted octanol–water partition coefficient (Wildman–Crippen LogP) is 4.79. The molecule has 1 saturated heterocycles. The van der Waals surface area contributed by atoms with Crippen LogP contribution in [-0.2, 0) is 19.0 Å². The lowest BCUT2D eigenvalue weighted by Crippen LogP contribution is -2.63. The van der Waals surface area contributed by atoms with Crippen LogP contribution in [0.3, 0.4) is 0 Å². The van der Waals surface area contributed by atoms with E-state index in [0.717, 1.165) is 7.11 Å². The molecule has 0 N–H and O–H groups in total. The zero-order chi connectivity index (χ0) is 23.9. The second kappa shape index (κ2) is 10.9. The third-order valence-electron chi connectivity index (χ3n) is 6.19. The van der Waals surface area contributed by atoms with E-state index in [1.54, 1.807) is 37.3 Å². The molecule has 1 aliphatic heterocycles. The van der Waals surface area contributed by atoms with Crippen molar-refractivity contribution in [2.24, 2.45) is 28.0 Å². The minimum atomic E-state index is -2.23. The summed E-state index contributed by atoms with van der Waals surface area (Å²) in [6.45, 7) is 7.44. The van der Waals surface area contributed by atoms with Gasteiger partial charge in [0.15, 0.2) is 0 Å². The fourth-order valence-electron chi connectivity index (χ4n) is 3.94. The summed E-state index contributed by atoms with van der Waals surface area (Å²) in [4.78, 5) is 31.2. The van der Waals surface area contributed by atoms with Crippen LogP contribution < -0.4 is 0 Å². The summed E-state index contributed by atoms with van der Waals surface area (Å²) in [5.74, 6) is -2.46. The van der Waals surface area contributed by atoms with Crippen LogP contribution in [0.1, 0.15) is 44.5 Å². The van der Waals surface area contributed by atoms with Gasteiger partial charge in [-0.25, -0.2) is 9.59 Å². The number of esters is 2. The standard InChI is InChI=1S/C21H28N6O5/c1-6-12(2)16(31-19(28)15-10-8-7-9-11-15)17-13(3)14(4)18(24-26-22)21(32-17,25-27-23)20(29)30-5/h7-14,16-18H,6H2,1-5H3/t12-,13-,14+,16-,17?,18?,21-/m1/s1. The number of carbonyl (C=O) groups excluding carboxylic acids is 2. The number of methoxy groups -OCH3 is 1. The maximum absolute atomic E-state index is 12.8. The third-order valence-corrected chi connectivity index (χ3v) is 6.19. The van der Waals surface area contributed by atoms with Crippen LogP contribution in [0.25, 0.3) is 20.9 Å². The summed E-state index contributed by atoms with van der Waals surface area (Å²) < 4.78 is 16.8. The largest absolute Gasteiger partial charge is 0.467 e. The first-order valence-corrected chi connectivity index (χ1v) is 10.4. The first-order chi connectivity index (χ1) is 15.3. The highest BCUT2D eigenvalue weighted by atomic mass is 16.6. The van der Waals surface area contributed by atoms with Crippen molar-refractivity contribution in [1.29, 1.82) is 0 Å². The van der Waals surface area contributed by atoms with Crippen LogP contribution in [0.5, 0.6) is 0 Å². The van der Waals surface area contributed by atoms with Crippen LogP contribution in [-0.4, -0.2) is 43.0 Å². The van der Waals surface area contributed by atoms with Crippen molar-refractivity contribution < 1.29 is 23.8 Å². The number of nitrogens with zero attached hydrogens (tertiary/aromatic N) is 6. The highest BCUT2D eigenvalue weighted by molar-refractivity contribution is 5.89. The Balaban J connectivity index is 2.55. The molecule has 0 radical (unpaired) electrons. The Labute approximate surface area is 186 Å². The Hall–Kier alpha value is -3.26. The number of rotatable bonds is 8. The summed E-state index contributed by atoms with van der Waals surface area (Å²) in [7, 11) is 1.12. The molecule has 11 heteroatoms. The van der Waals surface area contributed by atoms with Crippen molar-refractivity contribution in [3.05, 3.63) is 56.8 Å². The highest BCUT2D eigenvalue weighted by Crippen LogP contribution is 2.44. The maximum Gasteiger partial charge on any atom is 0.344 e. The van der Waals surface area contributed by atoms with Gasteiger partial charge in [0.05, 0.1) is 24.8 Å². The Morgan fingerprint density at radius 1 is 1.19 bits per heavy atom. The molecule has 11 nitrogen and oxygen atoms in total. The van der Waals surface area contributed by atoms with Gasteiger partial charge in [0.1, 0.15) is 6.10 Å². The van der Waals surface area contributed by atoms with Gasteiger partial charge in [-0.2, -0.15) is 0 Å². The topological polar surface area (TPSA) is 159 Å². The summed E-state index contributed by atoms with van der Waals surface area (Å²) in [5, 5.41) is 7.31. The SMILES string of the molecule is CC[C@@H](C)[C@@H](OC(=O)c1ccccc1)C1O[C@@](N=[N+]=[N-])(C(=O)OC)C(N=[N+]=[N-])[C@@H](C)[C@H]1C. The lowest BCUT2D eigenvalue weighted by atomic mass is 9.74. The third kappa shape index (κ3) is 4.80. The molecule has 1 fully saturated rings. The first kappa shape index (κ1) is 25.0. The molecule has 1 aromatic carbocycles.